The van der Waals surface area contributed by atoms with E-state index in [1.54, 1.807) is 18.2 Å². The first kappa shape index (κ1) is 14.5. The first-order valence-corrected chi connectivity index (χ1v) is 7.51. The third-order valence-corrected chi connectivity index (χ3v) is 4.32. The maximum absolute atomic E-state index is 12.7. The summed E-state index contributed by atoms with van der Waals surface area (Å²) in [5.41, 5.74) is 3.14. The van der Waals surface area contributed by atoms with Gasteiger partial charge in [0.2, 0.25) is 5.91 Å². The van der Waals surface area contributed by atoms with Crippen molar-refractivity contribution in [3.8, 4) is 0 Å². The van der Waals surface area contributed by atoms with E-state index in [4.69, 9.17) is 0 Å². The summed E-state index contributed by atoms with van der Waals surface area (Å²) in [7, 11) is 0. The summed E-state index contributed by atoms with van der Waals surface area (Å²) in [6.45, 7) is 3.56. The highest BCUT2D eigenvalue weighted by Crippen LogP contribution is 2.49. The minimum absolute atomic E-state index is 0.00392. The van der Waals surface area contributed by atoms with Crippen molar-refractivity contribution in [3.63, 3.8) is 0 Å². The molecular formula is C19H19NO2. The zero-order valence-corrected chi connectivity index (χ0v) is 12.8. The van der Waals surface area contributed by atoms with Gasteiger partial charge in [-0.2, -0.15) is 0 Å². The summed E-state index contributed by atoms with van der Waals surface area (Å²) in [6.07, 6.45) is 1.74. The fourth-order valence-electron chi connectivity index (χ4n) is 2.71. The smallest absolute Gasteiger partial charge is 0.235 e. The maximum Gasteiger partial charge on any atom is 0.235 e. The summed E-state index contributed by atoms with van der Waals surface area (Å²) < 4.78 is 0. The summed E-state index contributed by atoms with van der Waals surface area (Å²) >= 11 is 0. The van der Waals surface area contributed by atoms with Crippen molar-refractivity contribution in [1.82, 2.24) is 0 Å². The molecule has 3 rings (SSSR count). The van der Waals surface area contributed by atoms with E-state index in [1.807, 2.05) is 37.3 Å². The van der Waals surface area contributed by atoms with Crippen LogP contribution in [0.15, 0.2) is 48.5 Å². The number of benzene rings is 2. The zero-order chi connectivity index (χ0) is 15.7. The van der Waals surface area contributed by atoms with Gasteiger partial charge in [0.1, 0.15) is 0 Å². The van der Waals surface area contributed by atoms with Crippen LogP contribution in [0.1, 0.15) is 41.3 Å². The van der Waals surface area contributed by atoms with Crippen LogP contribution in [0, 0.1) is 6.92 Å². The normalized spacial score (nSPS) is 15.2. The Labute approximate surface area is 130 Å². The van der Waals surface area contributed by atoms with Gasteiger partial charge in [0.05, 0.1) is 5.41 Å². The lowest BCUT2D eigenvalue weighted by Gasteiger charge is -2.16. The molecule has 3 nitrogen and oxygen atoms in total. The number of aryl methyl sites for hydroxylation is 1. The number of nitrogens with one attached hydrogen (secondary N) is 1. The van der Waals surface area contributed by atoms with Gasteiger partial charge in [-0.3, -0.25) is 9.59 Å². The van der Waals surface area contributed by atoms with Crippen molar-refractivity contribution >= 4 is 17.4 Å². The van der Waals surface area contributed by atoms with Crippen LogP contribution in [-0.4, -0.2) is 11.7 Å². The molecule has 1 saturated carbocycles. The van der Waals surface area contributed by atoms with Gasteiger partial charge >= 0.3 is 0 Å². The van der Waals surface area contributed by atoms with E-state index < -0.39 is 5.41 Å². The number of hydrogen-bond donors (Lipinski definition) is 1. The van der Waals surface area contributed by atoms with Crippen LogP contribution >= 0.6 is 0 Å². The molecule has 0 unspecified atom stereocenters. The topological polar surface area (TPSA) is 46.2 Å². The first-order valence-electron chi connectivity index (χ1n) is 7.51. The number of anilines is 1. The summed E-state index contributed by atoms with van der Waals surface area (Å²) in [5.74, 6) is 0.00724. The molecule has 0 saturated heterocycles. The second-order valence-corrected chi connectivity index (χ2v) is 6.04. The van der Waals surface area contributed by atoms with Gasteiger partial charge < -0.3 is 5.32 Å². The van der Waals surface area contributed by atoms with E-state index in [0.29, 0.717) is 11.3 Å². The highest BCUT2D eigenvalue weighted by Gasteiger charge is 2.51. The highest BCUT2D eigenvalue weighted by molar-refractivity contribution is 6.02. The molecule has 1 amide bonds. The lowest BCUT2D eigenvalue weighted by molar-refractivity contribution is -0.118. The lowest BCUT2D eigenvalue weighted by Crippen LogP contribution is -2.27. The van der Waals surface area contributed by atoms with E-state index in [1.165, 1.54) is 12.5 Å². The Balaban J connectivity index is 1.81. The summed E-state index contributed by atoms with van der Waals surface area (Å²) in [5, 5.41) is 2.96. The third kappa shape index (κ3) is 2.67. The number of carbonyl (C=O) groups excluding carboxylic acids is 2. The first-order chi connectivity index (χ1) is 10.5. The van der Waals surface area contributed by atoms with Gasteiger partial charge in [0.25, 0.3) is 0 Å². The van der Waals surface area contributed by atoms with Crippen molar-refractivity contribution < 1.29 is 9.59 Å². The van der Waals surface area contributed by atoms with E-state index in [0.717, 1.165) is 18.4 Å². The Morgan fingerprint density at radius 2 is 1.73 bits per heavy atom. The Morgan fingerprint density at radius 3 is 2.32 bits per heavy atom. The fraction of sp³-hybridized carbons (Fsp3) is 0.263. The third-order valence-electron chi connectivity index (χ3n) is 4.32. The van der Waals surface area contributed by atoms with Crippen molar-refractivity contribution in [1.29, 1.82) is 0 Å². The van der Waals surface area contributed by atoms with Gasteiger partial charge in [-0.25, -0.2) is 0 Å². The monoisotopic (exact) mass is 293 g/mol. The quantitative estimate of drug-likeness (QED) is 0.870. The Hall–Kier alpha value is -2.42. The van der Waals surface area contributed by atoms with Crippen molar-refractivity contribution in [2.75, 3.05) is 5.32 Å². The number of ketones is 1. The van der Waals surface area contributed by atoms with Crippen LogP contribution in [0.4, 0.5) is 5.69 Å². The van der Waals surface area contributed by atoms with Gasteiger partial charge in [-0.05, 0) is 44.4 Å². The van der Waals surface area contributed by atoms with Crippen molar-refractivity contribution in [2.24, 2.45) is 0 Å². The predicted octanol–water partition coefficient (Wildman–Crippen LogP) is 3.87. The zero-order valence-electron chi connectivity index (χ0n) is 12.8. The molecule has 0 aromatic heterocycles. The van der Waals surface area contributed by atoms with Gasteiger partial charge in [0, 0.05) is 11.3 Å². The van der Waals surface area contributed by atoms with E-state index >= 15 is 0 Å². The molecule has 1 aliphatic rings. The lowest BCUT2D eigenvalue weighted by atomic mass is 9.94. The maximum atomic E-state index is 12.7. The highest BCUT2D eigenvalue weighted by atomic mass is 16.2. The molecule has 0 spiro atoms. The minimum atomic E-state index is -0.403. The molecule has 1 fully saturated rings. The molecule has 1 N–H and O–H groups in total. The van der Waals surface area contributed by atoms with Crippen LogP contribution < -0.4 is 5.32 Å². The van der Waals surface area contributed by atoms with E-state index in [9.17, 15) is 9.59 Å². The standard InChI is InChI=1S/C19H19NO2/c1-13-6-8-16(9-7-13)19(10-11-19)18(22)20-17-5-3-4-15(12-17)14(2)21/h3-9,12H,10-11H2,1-2H3,(H,20,22). The number of Topliss-reactive ketones (excluding diaryl/α,β-unsaturated/α-hetero) is 1. The number of carbonyl (C=O) groups is 2. The van der Waals surface area contributed by atoms with Crippen molar-refractivity contribution in [3.05, 3.63) is 65.2 Å². The largest absolute Gasteiger partial charge is 0.325 e. The van der Waals surface area contributed by atoms with Gasteiger partial charge in [-0.1, -0.05) is 42.0 Å². The number of rotatable bonds is 4. The molecule has 3 heteroatoms. The molecule has 0 radical (unpaired) electrons. The summed E-state index contributed by atoms with van der Waals surface area (Å²) in [4.78, 5) is 24.1. The predicted molar refractivity (Wildman–Crippen MR) is 87.2 cm³/mol. The molecule has 22 heavy (non-hydrogen) atoms. The Morgan fingerprint density at radius 1 is 1.05 bits per heavy atom. The van der Waals surface area contributed by atoms with Crippen LogP contribution in [0.25, 0.3) is 0 Å². The van der Waals surface area contributed by atoms with Gasteiger partial charge in [0.15, 0.2) is 5.78 Å². The molecule has 2 aromatic rings. The molecule has 2 aromatic carbocycles. The van der Waals surface area contributed by atoms with E-state index in [-0.39, 0.29) is 11.7 Å². The number of amides is 1. The molecule has 112 valence electrons. The van der Waals surface area contributed by atoms with Crippen LogP contribution in [0.2, 0.25) is 0 Å². The second-order valence-electron chi connectivity index (χ2n) is 6.04. The Kier molecular flexibility index (Phi) is 3.57. The molecule has 0 aliphatic heterocycles. The minimum Gasteiger partial charge on any atom is -0.325 e. The van der Waals surface area contributed by atoms with Crippen molar-refractivity contribution in [2.45, 2.75) is 32.1 Å². The number of hydrogen-bond acceptors (Lipinski definition) is 2. The van der Waals surface area contributed by atoms with E-state index in [2.05, 4.69) is 5.32 Å². The molecule has 0 atom stereocenters. The SMILES string of the molecule is CC(=O)c1cccc(NC(=O)C2(c3ccc(C)cc3)CC2)c1. The molecule has 0 heterocycles. The fourth-order valence-corrected chi connectivity index (χ4v) is 2.71. The molecule has 1 aliphatic carbocycles. The average Bonchev–Trinajstić information content (AvgIpc) is 3.30. The average molecular weight is 293 g/mol. The molecule has 0 bridgehead atoms. The van der Waals surface area contributed by atoms with Crippen LogP contribution in [0.3, 0.4) is 0 Å². The Bertz CT molecular complexity index is 727. The van der Waals surface area contributed by atoms with Crippen LogP contribution in [0.5, 0.6) is 0 Å². The van der Waals surface area contributed by atoms with Crippen LogP contribution in [-0.2, 0) is 10.2 Å². The second kappa shape index (κ2) is 5.41. The molecular weight excluding hydrogens is 274 g/mol. The van der Waals surface area contributed by atoms with Gasteiger partial charge in [-0.15, -0.1) is 0 Å². The summed E-state index contributed by atoms with van der Waals surface area (Å²) in [6, 6.07) is 15.2.